The van der Waals surface area contributed by atoms with E-state index in [0.717, 1.165) is 30.4 Å². The smallest absolute Gasteiger partial charge is 0.329 e. The Bertz CT molecular complexity index is 1390. The molecule has 2 aromatic rings. The maximum absolute atomic E-state index is 14.5. The summed E-state index contributed by atoms with van der Waals surface area (Å²) in [6, 6.07) is 20.5. The zero-order valence-electron chi connectivity index (χ0n) is 24.1. The van der Waals surface area contributed by atoms with E-state index < -0.39 is 27.1 Å². The molecule has 0 N–H and O–H groups in total. The average molecular weight is 563 g/mol. The second-order valence-electron chi connectivity index (χ2n) is 12.8. The van der Waals surface area contributed by atoms with Gasteiger partial charge in [0.15, 0.2) is 0 Å². The number of rotatable bonds is 9. The van der Waals surface area contributed by atoms with Gasteiger partial charge in [0, 0.05) is 31.0 Å². The molecule has 6 rings (SSSR count). The normalized spacial score (nSPS) is 35.5. The minimum Gasteiger partial charge on any atom is -0.460 e. The van der Waals surface area contributed by atoms with Crippen LogP contribution in [-0.2, 0) is 19.6 Å². The fourth-order valence-corrected chi connectivity index (χ4v) is 10.7. The summed E-state index contributed by atoms with van der Waals surface area (Å²) < 4.78 is 35.4. The lowest BCUT2D eigenvalue weighted by Crippen LogP contribution is -2.51. The molecule has 0 spiro atoms. The van der Waals surface area contributed by atoms with E-state index >= 15 is 0 Å². The first-order chi connectivity index (χ1) is 19.1. The van der Waals surface area contributed by atoms with Gasteiger partial charge in [-0.2, -0.15) is 0 Å². The standard InChI is InChI=1S/C33H42N2O4S/c1-5-34(6-2)40(37,38)23-32-20-19-26(31(32,3)4)21-29(32)39-30(36)33-22-35(33)28(25-15-11-8-12-16-25)18-17-27(33)24-13-9-7-10-14-24/h7-18,26-29H,5-6,19-23H2,1-4H3/t26-,27-,28+,29-,32+,33-,35?/m1/s1. The summed E-state index contributed by atoms with van der Waals surface area (Å²) in [5, 5.41) is 0. The lowest BCUT2D eigenvalue weighted by Gasteiger charge is -2.43. The Morgan fingerprint density at radius 2 is 1.60 bits per heavy atom. The molecule has 3 fully saturated rings. The molecule has 0 radical (unpaired) electrons. The maximum atomic E-state index is 14.5. The molecule has 0 amide bonds. The van der Waals surface area contributed by atoms with Crippen molar-refractivity contribution in [3.63, 3.8) is 0 Å². The first kappa shape index (κ1) is 27.7. The summed E-state index contributed by atoms with van der Waals surface area (Å²) in [5.74, 6) is 0.0510. The van der Waals surface area contributed by atoms with Crippen LogP contribution in [0.3, 0.4) is 0 Å². The van der Waals surface area contributed by atoms with Gasteiger partial charge in [-0.05, 0) is 41.7 Å². The van der Waals surface area contributed by atoms with E-state index in [0.29, 0.717) is 25.6 Å². The van der Waals surface area contributed by atoms with Gasteiger partial charge in [-0.15, -0.1) is 0 Å². The molecule has 2 heterocycles. The second-order valence-corrected chi connectivity index (χ2v) is 14.7. The van der Waals surface area contributed by atoms with Crippen molar-refractivity contribution in [2.24, 2.45) is 16.7 Å². The Hall–Kier alpha value is -2.48. The van der Waals surface area contributed by atoms with E-state index in [2.05, 4.69) is 55.2 Å². The quantitative estimate of drug-likeness (QED) is 0.228. The molecule has 0 aromatic heterocycles. The Morgan fingerprint density at radius 3 is 2.20 bits per heavy atom. The zero-order valence-corrected chi connectivity index (χ0v) is 24.9. The van der Waals surface area contributed by atoms with Crippen molar-refractivity contribution < 1.29 is 17.9 Å². The first-order valence-electron chi connectivity index (χ1n) is 14.8. The first-order valence-corrected chi connectivity index (χ1v) is 16.5. The average Bonchev–Trinajstić information content (AvgIpc) is 3.63. The van der Waals surface area contributed by atoms with Gasteiger partial charge in [0.05, 0.1) is 11.8 Å². The molecular weight excluding hydrogens is 520 g/mol. The van der Waals surface area contributed by atoms with E-state index in [4.69, 9.17) is 4.74 Å². The number of carbonyl (C=O) groups is 1. The molecule has 2 aliphatic carbocycles. The topological polar surface area (TPSA) is 66.7 Å². The van der Waals surface area contributed by atoms with Crippen molar-refractivity contribution in [3.8, 4) is 0 Å². The number of esters is 1. The largest absolute Gasteiger partial charge is 0.460 e. The van der Waals surface area contributed by atoms with Gasteiger partial charge in [0.2, 0.25) is 10.0 Å². The van der Waals surface area contributed by atoms with Crippen molar-refractivity contribution in [1.29, 1.82) is 0 Å². The highest BCUT2D eigenvalue weighted by atomic mass is 32.2. The highest BCUT2D eigenvalue weighted by Crippen LogP contribution is 2.67. The van der Waals surface area contributed by atoms with Gasteiger partial charge in [0.25, 0.3) is 0 Å². The molecule has 214 valence electrons. The van der Waals surface area contributed by atoms with Crippen LogP contribution < -0.4 is 0 Å². The van der Waals surface area contributed by atoms with Gasteiger partial charge in [-0.1, -0.05) is 101 Å². The molecule has 6 nitrogen and oxygen atoms in total. The van der Waals surface area contributed by atoms with Gasteiger partial charge in [0.1, 0.15) is 11.6 Å². The third-order valence-electron chi connectivity index (χ3n) is 11.0. The Morgan fingerprint density at radius 1 is 0.975 bits per heavy atom. The summed E-state index contributed by atoms with van der Waals surface area (Å²) >= 11 is 0. The van der Waals surface area contributed by atoms with E-state index in [-0.39, 0.29) is 29.1 Å². The van der Waals surface area contributed by atoms with Gasteiger partial charge >= 0.3 is 5.97 Å². The van der Waals surface area contributed by atoms with Gasteiger partial charge < -0.3 is 4.74 Å². The number of ether oxygens (including phenoxy) is 1. The van der Waals surface area contributed by atoms with Crippen molar-refractivity contribution in [2.75, 3.05) is 25.4 Å². The van der Waals surface area contributed by atoms with Crippen LogP contribution >= 0.6 is 0 Å². The summed E-state index contributed by atoms with van der Waals surface area (Å²) in [7, 11) is -3.50. The molecule has 4 aliphatic rings. The maximum Gasteiger partial charge on any atom is 0.329 e. The van der Waals surface area contributed by atoms with E-state index in [1.807, 2.05) is 50.2 Å². The van der Waals surface area contributed by atoms with Crippen molar-refractivity contribution in [2.45, 2.75) is 70.6 Å². The van der Waals surface area contributed by atoms with Crippen LogP contribution in [0.5, 0.6) is 0 Å². The van der Waals surface area contributed by atoms with Gasteiger partial charge in [-0.25, -0.2) is 17.5 Å². The molecule has 2 saturated carbocycles. The number of carbonyl (C=O) groups excluding carboxylic acids is 1. The lowest BCUT2D eigenvalue weighted by atomic mass is 9.69. The molecule has 7 heteroatoms. The number of hydrogen-bond acceptors (Lipinski definition) is 5. The summed E-state index contributed by atoms with van der Waals surface area (Å²) in [5.41, 5.74) is 0.648. The predicted octanol–water partition coefficient (Wildman–Crippen LogP) is 5.55. The SMILES string of the molecule is CCN(CC)S(=O)(=O)C[C@@]12CC[C@H](C[C@H]1OC(=O)[C@]13CN1[C@H](c1ccccc1)C=C[C@@H]3c1ccccc1)C2(C)C. The third kappa shape index (κ3) is 4.03. The fourth-order valence-electron chi connectivity index (χ4n) is 8.40. The fraction of sp³-hybridized carbons (Fsp3) is 0.545. The third-order valence-corrected chi connectivity index (χ3v) is 13.1. The molecule has 2 aromatic carbocycles. The monoisotopic (exact) mass is 562 g/mol. The number of fused-ring (bicyclic) bond motifs is 3. The minimum absolute atomic E-state index is 0.00203. The van der Waals surface area contributed by atoms with Crippen LogP contribution in [0.25, 0.3) is 0 Å². The second kappa shape index (κ2) is 9.81. The number of nitrogens with zero attached hydrogens (tertiary/aromatic N) is 2. The van der Waals surface area contributed by atoms with Crippen LogP contribution in [-0.4, -0.2) is 60.6 Å². The summed E-state index contributed by atoms with van der Waals surface area (Å²) in [6.45, 7) is 9.68. The van der Waals surface area contributed by atoms with Crippen LogP contribution in [0.4, 0.5) is 0 Å². The van der Waals surface area contributed by atoms with Crippen molar-refractivity contribution >= 4 is 16.0 Å². The molecule has 2 bridgehead atoms. The lowest BCUT2D eigenvalue weighted by molar-refractivity contribution is -0.162. The highest BCUT2D eigenvalue weighted by Gasteiger charge is 2.71. The highest BCUT2D eigenvalue weighted by molar-refractivity contribution is 7.89. The molecule has 7 atom stereocenters. The Labute approximate surface area is 239 Å². The van der Waals surface area contributed by atoms with Crippen LogP contribution in [0, 0.1) is 16.7 Å². The summed E-state index contributed by atoms with van der Waals surface area (Å²) in [6.07, 6.45) is 6.48. The number of benzene rings is 2. The minimum atomic E-state index is -3.50. The Balaban J connectivity index is 1.34. The predicted molar refractivity (Wildman–Crippen MR) is 157 cm³/mol. The van der Waals surface area contributed by atoms with E-state index in [9.17, 15) is 13.2 Å². The number of sulfonamides is 1. The molecule has 1 unspecified atom stereocenters. The van der Waals surface area contributed by atoms with Crippen LogP contribution in [0.1, 0.15) is 70.0 Å². The molecular formula is C33H42N2O4S. The molecule has 2 aliphatic heterocycles. The van der Waals surface area contributed by atoms with Crippen molar-refractivity contribution in [1.82, 2.24) is 9.21 Å². The van der Waals surface area contributed by atoms with E-state index in [1.54, 1.807) is 4.31 Å². The number of hydrogen-bond donors (Lipinski definition) is 0. The Kier molecular flexibility index (Phi) is 6.79. The summed E-state index contributed by atoms with van der Waals surface area (Å²) in [4.78, 5) is 16.7. The van der Waals surface area contributed by atoms with Crippen molar-refractivity contribution in [3.05, 3.63) is 83.9 Å². The van der Waals surface area contributed by atoms with Crippen LogP contribution in [0.2, 0.25) is 0 Å². The molecule has 40 heavy (non-hydrogen) atoms. The van der Waals surface area contributed by atoms with Crippen LogP contribution in [0.15, 0.2) is 72.8 Å². The van der Waals surface area contributed by atoms with Gasteiger partial charge in [-0.3, -0.25) is 4.90 Å². The molecule has 1 saturated heterocycles. The van der Waals surface area contributed by atoms with E-state index in [1.165, 1.54) is 0 Å². The zero-order chi connectivity index (χ0) is 28.3.